The first kappa shape index (κ1) is 13.1. The minimum absolute atomic E-state index is 0.0449. The number of carbonyl (C=O) groups is 1. The van der Waals surface area contributed by atoms with Crippen molar-refractivity contribution in [2.24, 2.45) is 0 Å². The van der Waals surface area contributed by atoms with Crippen molar-refractivity contribution < 1.29 is 4.79 Å². The number of amides is 1. The zero-order valence-electron chi connectivity index (χ0n) is 10.9. The number of nitrogens with one attached hydrogen (secondary N) is 1. The number of aryl methyl sites for hydroxylation is 1. The molecule has 0 aliphatic carbocycles. The van der Waals surface area contributed by atoms with Gasteiger partial charge in [0.25, 0.3) is 0 Å². The summed E-state index contributed by atoms with van der Waals surface area (Å²) in [6.45, 7) is 2.26. The minimum Gasteiger partial charge on any atom is -0.323 e. The van der Waals surface area contributed by atoms with Crippen molar-refractivity contribution in [3.05, 3.63) is 40.8 Å². The molecule has 0 fully saturated rings. The van der Waals surface area contributed by atoms with Gasteiger partial charge < -0.3 is 10.2 Å². The summed E-state index contributed by atoms with van der Waals surface area (Å²) in [5.41, 5.74) is 1.75. The highest BCUT2D eigenvalue weighted by molar-refractivity contribution is 9.10. The van der Waals surface area contributed by atoms with E-state index < -0.39 is 0 Å². The molecule has 6 heteroatoms. The van der Waals surface area contributed by atoms with Gasteiger partial charge in [-0.15, -0.1) is 0 Å². The fraction of sp³-hybridized carbons (Fsp3) is 0.214. The van der Waals surface area contributed by atoms with E-state index in [1.807, 2.05) is 42.2 Å². The normalized spacial score (nSPS) is 13.9. The summed E-state index contributed by atoms with van der Waals surface area (Å²) in [6, 6.07) is 9.53. The van der Waals surface area contributed by atoms with E-state index in [2.05, 4.69) is 31.2 Å². The second-order valence-corrected chi connectivity index (χ2v) is 5.28. The van der Waals surface area contributed by atoms with Crippen LogP contribution in [0.15, 0.2) is 34.9 Å². The number of hydrogen-bond donors (Lipinski definition) is 1. The number of halogens is 1. The summed E-state index contributed by atoms with van der Waals surface area (Å²) in [4.78, 5) is 22.6. The number of fused-ring (bicyclic) bond motifs is 1. The molecule has 0 spiro atoms. The van der Waals surface area contributed by atoms with Gasteiger partial charge in [0.15, 0.2) is 0 Å². The number of aromatic nitrogens is 2. The number of benzene rings is 1. The fourth-order valence-electron chi connectivity index (χ4n) is 2.19. The third kappa shape index (κ3) is 2.38. The maximum Gasteiger partial charge on any atom is 0.244 e. The van der Waals surface area contributed by atoms with Gasteiger partial charge in [0, 0.05) is 12.5 Å². The summed E-state index contributed by atoms with van der Waals surface area (Å²) in [6.07, 6.45) is 0.744. The van der Waals surface area contributed by atoms with E-state index in [0.717, 1.165) is 34.0 Å². The average molecular weight is 333 g/mol. The van der Waals surface area contributed by atoms with E-state index in [0.29, 0.717) is 0 Å². The standard InChI is InChI=1S/C14H13BrN4O/c1-2-12-17-11(15)7-13(18-12)19-8-14(20)16-9-5-3-4-6-10(9)19/h3-7H,2,8H2,1H3,(H,16,20). The van der Waals surface area contributed by atoms with Gasteiger partial charge in [-0.1, -0.05) is 19.1 Å². The first-order valence-electron chi connectivity index (χ1n) is 6.37. The van der Waals surface area contributed by atoms with Gasteiger partial charge in [-0.05, 0) is 28.1 Å². The molecular formula is C14H13BrN4O. The van der Waals surface area contributed by atoms with Gasteiger partial charge in [0.1, 0.15) is 22.8 Å². The Morgan fingerprint density at radius 1 is 1.35 bits per heavy atom. The highest BCUT2D eigenvalue weighted by atomic mass is 79.9. The zero-order valence-corrected chi connectivity index (χ0v) is 12.5. The Hall–Kier alpha value is -1.95. The predicted octanol–water partition coefficient (Wildman–Crippen LogP) is 2.89. The zero-order chi connectivity index (χ0) is 14.1. The molecule has 2 aromatic rings. The largest absolute Gasteiger partial charge is 0.323 e. The highest BCUT2D eigenvalue weighted by Gasteiger charge is 2.24. The lowest BCUT2D eigenvalue weighted by Crippen LogP contribution is -2.35. The van der Waals surface area contributed by atoms with Crippen LogP contribution in [0, 0.1) is 0 Å². The van der Waals surface area contributed by atoms with Gasteiger partial charge in [-0.3, -0.25) is 4.79 Å². The maximum absolute atomic E-state index is 11.8. The summed E-state index contributed by atoms with van der Waals surface area (Å²) in [7, 11) is 0. The van der Waals surface area contributed by atoms with Crippen molar-refractivity contribution in [3.8, 4) is 0 Å². The van der Waals surface area contributed by atoms with Crippen molar-refractivity contribution in [1.82, 2.24) is 9.97 Å². The molecule has 5 nitrogen and oxygen atoms in total. The van der Waals surface area contributed by atoms with Crippen LogP contribution in [-0.4, -0.2) is 22.4 Å². The highest BCUT2D eigenvalue weighted by Crippen LogP contribution is 2.34. The van der Waals surface area contributed by atoms with Gasteiger partial charge in [0.05, 0.1) is 11.4 Å². The van der Waals surface area contributed by atoms with Gasteiger partial charge >= 0.3 is 0 Å². The summed E-state index contributed by atoms with van der Waals surface area (Å²) in [5, 5.41) is 2.87. The smallest absolute Gasteiger partial charge is 0.244 e. The number of hydrogen-bond acceptors (Lipinski definition) is 4. The lowest BCUT2D eigenvalue weighted by molar-refractivity contribution is -0.115. The third-order valence-corrected chi connectivity index (χ3v) is 3.50. The van der Waals surface area contributed by atoms with Crippen molar-refractivity contribution in [2.45, 2.75) is 13.3 Å². The summed E-state index contributed by atoms with van der Waals surface area (Å²) < 4.78 is 0.725. The van der Waals surface area contributed by atoms with E-state index in [9.17, 15) is 4.79 Å². The van der Waals surface area contributed by atoms with Crippen molar-refractivity contribution in [2.75, 3.05) is 16.8 Å². The molecule has 20 heavy (non-hydrogen) atoms. The molecule has 3 rings (SSSR count). The number of anilines is 3. The van der Waals surface area contributed by atoms with E-state index in [1.165, 1.54) is 0 Å². The van der Waals surface area contributed by atoms with Crippen molar-refractivity contribution in [1.29, 1.82) is 0 Å². The number of nitrogens with zero attached hydrogens (tertiary/aromatic N) is 3. The SMILES string of the molecule is CCc1nc(Br)cc(N2CC(=O)Nc3ccccc32)n1. The second-order valence-electron chi connectivity index (χ2n) is 4.47. The Bertz CT molecular complexity index is 674. The van der Waals surface area contributed by atoms with Crippen molar-refractivity contribution >= 4 is 39.0 Å². The lowest BCUT2D eigenvalue weighted by atomic mass is 10.2. The van der Waals surface area contributed by atoms with Crippen LogP contribution in [0.25, 0.3) is 0 Å². The molecule has 0 saturated heterocycles. The van der Waals surface area contributed by atoms with Crippen LogP contribution in [0.4, 0.5) is 17.2 Å². The van der Waals surface area contributed by atoms with Crippen LogP contribution >= 0.6 is 15.9 Å². The van der Waals surface area contributed by atoms with Crippen LogP contribution in [0.5, 0.6) is 0 Å². The van der Waals surface area contributed by atoms with Gasteiger partial charge in [0.2, 0.25) is 5.91 Å². The molecule has 0 unspecified atom stereocenters. The molecule has 0 bridgehead atoms. The first-order valence-corrected chi connectivity index (χ1v) is 7.16. The third-order valence-electron chi connectivity index (χ3n) is 3.09. The molecule has 0 radical (unpaired) electrons. The van der Waals surface area contributed by atoms with Crippen LogP contribution in [0.2, 0.25) is 0 Å². The molecule has 1 amide bonds. The Balaban J connectivity index is 2.10. The molecular weight excluding hydrogens is 320 g/mol. The maximum atomic E-state index is 11.8. The molecule has 0 saturated carbocycles. The molecule has 1 aliphatic heterocycles. The second kappa shape index (κ2) is 5.20. The Morgan fingerprint density at radius 2 is 2.15 bits per heavy atom. The first-order chi connectivity index (χ1) is 9.67. The monoisotopic (exact) mass is 332 g/mol. The topological polar surface area (TPSA) is 58.1 Å². The Kier molecular flexibility index (Phi) is 3.40. The number of carbonyl (C=O) groups excluding carboxylic acids is 1. The molecule has 1 aromatic heterocycles. The van der Waals surface area contributed by atoms with Crippen LogP contribution < -0.4 is 10.2 Å². The van der Waals surface area contributed by atoms with E-state index >= 15 is 0 Å². The van der Waals surface area contributed by atoms with E-state index in [4.69, 9.17) is 0 Å². The van der Waals surface area contributed by atoms with Crippen LogP contribution in [-0.2, 0) is 11.2 Å². The Labute approximate surface area is 125 Å². The van der Waals surface area contributed by atoms with E-state index in [-0.39, 0.29) is 12.5 Å². The molecule has 1 aliphatic rings. The number of rotatable bonds is 2. The van der Waals surface area contributed by atoms with Crippen LogP contribution in [0.1, 0.15) is 12.7 Å². The van der Waals surface area contributed by atoms with Crippen molar-refractivity contribution in [3.63, 3.8) is 0 Å². The molecule has 2 heterocycles. The predicted molar refractivity (Wildman–Crippen MR) is 81.2 cm³/mol. The quantitative estimate of drug-likeness (QED) is 0.859. The minimum atomic E-state index is -0.0449. The molecule has 1 aromatic carbocycles. The van der Waals surface area contributed by atoms with Gasteiger partial charge in [-0.25, -0.2) is 9.97 Å². The number of para-hydroxylation sites is 2. The Morgan fingerprint density at radius 3 is 2.95 bits per heavy atom. The summed E-state index contributed by atoms with van der Waals surface area (Å²) in [5.74, 6) is 1.43. The average Bonchev–Trinajstić information content (AvgIpc) is 2.45. The van der Waals surface area contributed by atoms with Crippen LogP contribution in [0.3, 0.4) is 0 Å². The molecule has 102 valence electrons. The molecule has 1 N–H and O–H groups in total. The lowest BCUT2D eigenvalue weighted by Gasteiger charge is -2.30. The van der Waals surface area contributed by atoms with E-state index in [1.54, 1.807) is 0 Å². The van der Waals surface area contributed by atoms with Gasteiger partial charge in [-0.2, -0.15) is 0 Å². The fourth-order valence-corrected chi connectivity index (χ4v) is 2.60. The summed E-state index contributed by atoms with van der Waals surface area (Å²) >= 11 is 3.40. The molecule has 0 atom stereocenters.